The maximum atomic E-state index is 11.6. The number of carbonyl (C=O) groups is 1. The first-order valence-electron chi connectivity index (χ1n) is 7.37. The van der Waals surface area contributed by atoms with Crippen molar-refractivity contribution in [3.63, 3.8) is 0 Å². The molecule has 1 aliphatic rings. The summed E-state index contributed by atoms with van der Waals surface area (Å²) >= 11 is 0. The molecule has 0 heterocycles. The number of carbonyl (C=O) groups excluding carboxylic acids is 1. The van der Waals surface area contributed by atoms with Crippen molar-refractivity contribution in [1.82, 2.24) is 15.5 Å². The molecular formula is C14H29IN4O2. The molecule has 0 aromatic rings. The summed E-state index contributed by atoms with van der Waals surface area (Å²) in [4.78, 5) is 17.5. The Labute approximate surface area is 145 Å². The normalized spacial score (nSPS) is 15.5. The van der Waals surface area contributed by atoms with Crippen LogP contribution < -0.4 is 10.6 Å². The fourth-order valence-corrected chi connectivity index (χ4v) is 2.13. The molecule has 0 aliphatic heterocycles. The van der Waals surface area contributed by atoms with Gasteiger partial charge in [-0.2, -0.15) is 0 Å². The average Bonchev–Trinajstić information content (AvgIpc) is 2.92. The number of rotatable bonds is 7. The number of nitrogens with one attached hydrogen (secondary N) is 2. The summed E-state index contributed by atoms with van der Waals surface area (Å²) in [6.45, 7) is 1.70. The van der Waals surface area contributed by atoms with Crippen molar-refractivity contribution < 1.29 is 9.53 Å². The third kappa shape index (κ3) is 9.13. The second kappa shape index (κ2) is 12.0. The van der Waals surface area contributed by atoms with Crippen molar-refractivity contribution in [3.8, 4) is 0 Å². The summed E-state index contributed by atoms with van der Waals surface area (Å²) in [7, 11) is 5.18. The number of hydrogen-bond donors (Lipinski definition) is 2. The molecule has 1 aliphatic carbocycles. The molecule has 0 saturated heterocycles. The first-order chi connectivity index (χ1) is 9.63. The summed E-state index contributed by atoms with van der Waals surface area (Å²) < 4.78 is 5.03. The summed E-state index contributed by atoms with van der Waals surface area (Å²) in [5.41, 5.74) is 0. The van der Waals surface area contributed by atoms with Crippen LogP contribution in [0.2, 0.25) is 0 Å². The Morgan fingerprint density at radius 3 is 2.57 bits per heavy atom. The summed E-state index contributed by atoms with van der Waals surface area (Å²) in [5.74, 6) is 0.748. The molecule has 0 spiro atoms. The van der Waals surface area contributed by atoms with Gasteiger partial charge in [-0.05, 0) is 19.3 Å². The van der Waals surface area contributed by atoms with E-state index in [0.717, 1.165) is 25.5 Å². The number of halogens is 1. The van der Waals surface area contributed by atoms with E-state index < -0.39 is 0 Å². The van der Waals surface area contributed by atoms with Crippen LogP contribution in [0, 0.1) is 0 Å². The lowest BCUT2D eigenvalue weighted by molar-refractivity contribution is -0.127. The van der Waals surface area contributed by atoms with Gasteiger partial charge in [0, 0.05) is 40.4 Å². The molecule has 1 amide bonds. The van der Waals surface area contributed by atoms with Gasteiger partial charge in [-0.25, -0.2) is 4.99 Å². The molecule has 1 fully saturated rings. The Balaban J connectivity index is 0.00000400. The number of ether oxygens (including phenoxy) is 1. The van der Waals surface area contributed by atoms with E-state index in [1.165, 1.54) is 25.7 Å². The van der Waals surface area contributed by atoms with Gasteiger partial charge in [0.2, 0.25) is 5.91 Å². The van der Waals surface area contributed by atoms with Crippen LogP contribution in [0.3, 0.4) is 0 Å². The fourth-order valence-electron chi connectivity index (χ4n) is 2.13. The first kappa shape index (κ1) is 20.4. The predicted molar refractivity (Wildman–Crippen MR) is 96.3 cm³/mol. The number of methoxy groups -OCH3 is 1. The number of nitrogens with zero attached hydrogens (tertiary/aromatic N) is 2. The molecule has 7 heteroatoms. The van der Waals surface area contributed by atoms with Crippen LogP contribution in [0.15, 0.2) is 4.99 Å². The van der Waals surface area contributed by atoms with Crippen LogP contribution in [0.4, 0.5) is 0 Å². The van der Waals surface area contributed by atoms with Crippen molar-refractivity contribution in [2.75, 3.05) is 40.9 Å². The second-order valence-electron chi connectivity index (χ2n) is 5.35. The maximum Gasteiger partial charge on any atom is 0.243 e. The highest BCUT2D eigenvalue weighted by molar-refractivity contribution is 14.0. The maximum absolute atomic E-state index is 11.6. The van der Waals surface area contributed by atoms with Gasteiger partial charge in [0.25, 0.3) is 0 Å². The van der Waals surface area contributed by atoms with E-state index in [0.29, 0.717) is 6.04 Å². The summed E-state index contributed by atoms with van der Waals surface area (Å²) in [5, 5.41) is 6.68. The molecule has 0 unspecified atom stereocenters. The third-order valence-corrected chi connectivity index (χ3v) is 3.38. The lowest BCUT2D eigenvalue weighted by atomic mass is 10.2. The topological polar surface area (TPSA) is 66.0 Å². The lowest BCUT2D eigenvalue weighted by Crippen LogP contribution is -2.43. The largest absolute Gasteiger partial charge is 0.385 e. The van der Waals surface area contributed by atoms with Crippen molar-refractivity contribution in [1.29, 1.82) is 0 Å². The van der Waals surface area contributed by atoms with Gasteiger partial charge in [-0.15, -0.1) is 24.0 Å². The molecule has 124 valence electrons. The van der Waals surface area contributed by atoms with Crippen molar-refractivity contribution in [2.24, 2.45) is 4.99 Å². The van der Waals surface area contributed by atoms with Crippen LogP contribution in [-0.2, 0) is 9.53 Å². The van der Waals surface area contributed by atoms with Crippen LogP contribution in [-0.4, -0.2) is 63.7 Å². The molecule has 21 heavy (non-hydrogen) atoms. The third-order valence-electron chi connectivity index (χ3n) is 3.38. The highest BCUT2D eigenvalue weighted by Crippen LogP contribution is 2.17. The van der Waals surface area contributed by atoms with Crippen LogP contribution >= 0.6 is 24.0 Å². The van der Waals surface area contributed by atoms with E-state index in [2.05, 4.69) is 15.6 Å². The van der Waals surface area contributed by atoms with Gasteiger partial charge in [-0.3, -0.25) is 4.79 Å². The summed E-state index contributed by atoms with van der Waals surface area (Å²) in [6, 6.07) is 0.484. The van der Waals surface area contributed by atoms with Crippen molar-refractivity contribution in [2.45, 2.75) is 38.1 Å². The Morgan fingerprint density at radius 2 is 2.00 bits per heavy atom. The molecule has 1 rings (SSSR count). The Kier molecular flexibility index (Phi) is 11.7. The minimum atomic E-state index is 0. The van der Waals surface area contributed by atoms with Gasteiger partial charge < -0.3 is 20.3 Å². The van der Waals surface area contributed by atoms with Crippen LogP contribution in [0.1, 0.15) is 32.1 Å². The molecule has 1 saturated carbocycles. The molecule has 0 aromatic heterocycles. The van der Waals surface area contributed by atoms with E-state index in [-0.39, 0.29) is 36.4 Å². The van der Waals surface area contributed by atoms with Gasteiger partial charge in [0.15, 0.2) is 5.96 Å². The number of amides is 1. The number of likely N-dealkylation sites (N-methyl/N-ethyl adjacent to an activating group) is 1. The smallest absolute Gasteiger partial charge is 0.243 e. The molecule has 0 bridgehead atoms. The molecule has 0 atom stereocenters. The monoisotopic (exact) mass is 412 g/mol. The Morgan fingerprint density at radius 1 is 1.33 bits per heavy atom. The van der Waals surface area contributed by atoms with E-state index in [9.17, 15) is 4.79 Å². The van der Waals surface area contributed by atoms with E-state index in [4.69, 9.17) is 4.74 Å². The molecule has 6 nitrogen and oxygen atoms in total. The highest BCUT2D eigenvalue weighted by Gasteiger charge is 2.16. The van der Waals surface area contributed by atoms with Crippen molar-refractivity contribution in [3.05, 3.63) is 0 Å². The molecular weight excluding hydrogens is 383 g/mol. The summed E-state index contributed by atoms with van der Waals surface area (Å²) in [6.07, 6.45) is 5.82. The fraction of sp³-hybridized carbons (Fsp3) is 0.857. The minimum absolute atomic E-state index is 0. The van der Waals surface area contributed by atoms with Gasteiger partial charge in [0.05, 0.1) is 0 Å². The Bertz CT molecular complexity index is 318. The van der Waals surface area contributed by atoms with E-state index in [1.54, 1.807) is 26.1 Å². The SMILES string of the molecule is COCCCNC(=NCC(=O)N(C)C)NC1CCCC1.I. The highest BCUT2D eigenvalue weighted by atomic mass is 127. The van der Waals surface area contributed by atoms with Crippen LogP contribution in [0.5, 0.6) is 0 Å². The number of aliphatic imine (C=N–C) groups is 1. The zero-order valence-corrected chi connectivity index (χ0v) is 15.7. The molecule has 0 radical (unpaired) electrons. The van der Waals surface area contributed by atoms with Crippen LogP contribution in [0.25, 0.3) is 0 Å². The minimum Gasteiger partial charge on any atom is -0.385 e. The zero-order valence-electron chi connectivity index (χ0n) is 13.4. The van der Waals surface area contributed by atoms with Gasteiger partial charge in [0.1, 0.15) is 6.54 Å². The van der Waals surface area contributed by atoms with Crippen molar-refractivity contribution >= 4 is 35.8 Å². The molecule has 0 aromatic carbocycles. The van der Waals surface area contributed by atoms with Gasteiger partial charge in [-0.1, -0.05) is 12.8 Å². The van der Waals surface area contributed by atoms with E-state index >= 15 is 0 Å². The lowest BCUT2D eigenvalue weighted by Gasteiger charge is -2.17. The predicted octanol–water partition coefficient (Wildman–Crippen LogP) is 1.21. The van der Waals surface area contributed by atoms with Gasteiger partial charge >= 0.3 is 0 Å². The molecule has 2 N–H and O–H groups in total. The standard InChI is InChI=1S/C14H28N4O2.HI/c1-18(2)13(19)11-16-14(15-9-6-10-20-3)17-12-7-4-5-8-12;/h12H,4-11H2,1-3H3,(H2,15,16,17);1H. The zero-order chi connectivity index (χ0) is 14.8. The van der Waals surface area contributed by atoms with E-state index in [1.807, 2.05) is 0 Å². The average molecular weight is 412 g/mol. The number of hydrogen-bond acceptors (Lipinski definition) is 3. The quantitative estimate of drug-likeness (QED) is 0.286. The number of guanidine groups is 1. The second-order valence-corrected chi connectivity index (χ2v) is 5.35. The Hall–Kier alpha value is -0.570. The first-order valence-corrected chi connectivity index (χ1v) is 7.37.